The molecule has 15 heavy (non-hydrogen) atoms. The van der Waals surface area contributed by atoms with Gasteiger partial charge in [-0.05, 0) is 13.8 Å². The van der Waals surface area contributed by atoms with Gasteiger partial charge in [0.25, 0.3) is 0 Å². The second-order valence-corrected chi connectivity index (χ2v) is 2.84. The first-order chi connectivity index (χ1) is 6.99. The van der Waals surface area contributed by atoms with Crippen LogP contribution >= 0.6 is 0 Å². The maximum Gasteiger partial charge on any atom is 0.437 e. The monoisotopic (exact) mass is 217 g/mol. The fourth-order valence-electron chi connectivity index (χ4n) is 0.649. The van der Waals surface area contributed by atoms with Crippen molar-refractivity contribution in [1.82, 2.24) is 10.6 Å². The molecule has 0 unspecified atom stereocenters. The minimum Gasteiger partial charge on any atom is -0.468 e. The van der Waals surface area contributed by atoms with Crippen molar-refractivity contribution in [3.63, 3.8) is 0 Å². The normalized spacial score (nSPS) is 10.9. The molecule has 0 aromatic heterocycles. The fraction of sp³-hybridized carbons (Fsp3) is 0.625. The van der Waals surface area contributed by atoms with Gasteiger partial charge in [0.1, 0.15) is 0 Å². The number of amides is 3. The molecule has 0 aliphatic rings. The molecule has 0 spiro atoms. The van der Waals surface area contributed by atoms with Crippen molar-refractivity contribution in [2.24, 2.45) is 4.99 Å². The first-order valence-corrected chi connectivity index (χ1v) is 4.27. The summed E-state index contributed by atoms with van der Waals surface area (Å²) in [6.07, 6.45) is -0.850. The van der Waals surface area contributed by atoms with Crippen LogP contribution in [0.15, 0.2) is 4.99 Å². The van der Waals surface area contributed by atoms with Crippen molar-refractivity contribution >= 4 is 18.1 Å². The zero-order chi connectivity index (χ0) is 11.8. The quantitative estimate of drug-likeness (QED) is 0.493. The predicted molar refractivity (Wildman–Crippen MR) is 53.7 cm³/mol. The molecule has 86 valence electrons. The molecule has 7 nitrogen and oxygen atoms in total. The van der Waals surface area contributed by atoms with Crippen LogP contribution in [0, 0.1) is 0 Å². The number of carbonyl (C=O) groups is 2. The van der Waals surface area contributed by atoms with Gasteiger partial charge in [0.15, 0.2) is 0 Å². The number of amidine groups is 1. The first kappa shape index (κ1) is 13.2. The zero-order valence-electron chi connectivity index (χ0n) is 9.16. The molecule has 0 bridgehead atoms. The lowest BCUT2D eigenvalue weighted by Crippen LogP contribution is -2.43. The summed E-state index contributed by atoms with van der Waals surface area (Å²) in [4.78, 5) is 25.2. The van der Waals surface area contributed by atoms with Crippen LogP contribution in [0.25, 0.3) is 0 Å². The molecule has 2 N–H and O–H groups in total. The summed E-state index contributed by atoms with van der Waals surface area (Å²) in [6, 6.07) is -0.754. The van der Waals surface area contributed by atoms with Crippen molar-refractivity contribution in [3.8, 4) is 0 Å². The molecule has 0 aromatic carbocycles. The van der Waals surface area contributed by atoms with Crippen LogP contribution in [0.5, 0.6) is 0 Å². The minimum absolute atomic E-state index is 0.0266. The fourth-order valence-corrected chi connectivity index (χ4v) is 0.649. The molecule has 0 aliphatic carbocycles. The maximum absolute atomic E-state index is 11.2. The highest BCUT2D eigenvalue weighted by atomic mass is 16.5. The molecular weight excluding hydrogens is 202 g/mol. The van der Waals surface area contributed by atoms with Crippen LogP contribution in [0.3, 0.4) is 0 Å². The van der Waals surface area contributed by atoms with Crippen LogP contribution in [0.2, 0.25) is 0 Å². The number of aliphatic imine (C=N–C) groups is 1. The van der Waals surface area contributed by atoms with E-state index in [1.165, 1.54) is 14.2 Å². The average Bonchev–Trinajstić information content (AvgIpc) is 2.15. The zero-order valence-corrected chi connectivity index (χ0v) is 9.16. The van der Waals surface area contributed by atoms with Crippen LogP contribution in [0.1, 0.15) is 13.8 Å². The molecular formula is C8H15N3O4. The molecule has 0 fully saturated rings. The van der Waals surface area contributed by atoms with E-state index in [0.29, 0.717) is 0 Å². The SMILES string of the molecule is COC(=O)N=C(NC(=O)NC(C)C)OC. The Labute approximate surface area is 87.8 Å². The molecule has 0 atom stereocenters. The summed E-state index contributed by atoms with van der Waals surface area (Å²) in [7, 11) is 2.45. The molecule has 0 radical (unpaired) electrons. The van der Waals surface area contributed by atoms with Gasteiger partial charge in [-0.25, -0.2) is 9.59 Å². The van der Waals surface area contributed by atoms with E-state index in [9.17, 15) is 9.59 Å². The standard InChI is InChI=1S/C8H15N3O4/c1-5(2)9-6(12)10-7(14-3)11-8(13)15-4/h5H,1-4H3,(H2,9,10,11,12,13). The van der Waals surface area contributed by atoms with Gasteiger partial charge in [-0.3, -0.25) is 5.32 Å². The summed E-state index contributed by atoms with van der Waals surface area (Å²) < 4.78 is 8.92. The van der Waals surface area contributed by atoms with Crippen LogP contribution in [0.4, 0.5) is 9.59 Å². The van der Waals surface area contributed by atoms with E-state index in [1.807, 2.05) is 0 Å². The molecule has 0 saturated carbocycles. The third kappa shape index (κ3) is 6.30. The molecule has 0 aromatic rings. The Morgan fingerprint density at radius 1 is 1.20 bits per heavy atom. The average molecular weight is 217 g/mol. The topological polar surface area (TPSA) is 89.0 Å². The number of hydrogen-bond donors (Lipinski definition) is 2. The lowest BCUT2D eigenvalue weighted by Gasteiger charge is -2.10. The molecule has 7 heteroatoms. The number of urea groups is 1. The third-order valence-corrected chi connectivity index (χ3v) is 1.20. The van der Waals surface area contributed by atoms with Gasteiger partial charge >= 0.3 is 18.1 Å². The Bertz CT molecular complexity index is 263. The second kappa shape index (κ2) is 6.63. The molecule has 0 rings (SSSR count). The summed E-state index contributed by atoms with van der Waals surface area (Å²) in [5.74, 6) is 0. The first-order valence-electron chi connectivity index (χ1n) is 4.27. The van der Waals surface area contributed by atoms with Crippen LogP contribution in [-0.2, 0) is 9.47 Å². The Morgan fingerprint density at radius 2 is 1.80 bits per heavy atom. The van der Waals surface area contributed by atoms with E-state index >= 15 is 0 Å². The number of ether oxygens (including phenoxy) is 2. The van der Waals surface area contributed by atoms with Gasteiger partial charge in [-0.1, -0.05) is 0 Å². The summed E-state index contributed by atoms with van der Waals surface area (Å²) in [5.41, 5.74) is 0. The van der Waals surface area contributed by atoms with Gasteiger partial charge in [0.2, 0.25) is 0 Å². The summed E-state index contributed by atoms with van der Waals surface area (Å²) in [5, 5.41) is 4.78. The van der Waals surface area contributed by atoms with Crippen LogP contribution in [-0.4, -0.2) is 38.4 Å². The Hall–Kier alpha value is -1.79. The highest BCUT2D eigenvalue weighted by Gasteiger charge is 2.08. The van der Waals surface area contributed by atoms with Gasteiger partial charge in [-0.15, -0.1) is 4.99 Å². The van der Waals surface area contributed by atoms with E-state index in [-0.39, 0.29) is 12.1 Å². The smallest absolute Gasteiger partial charge is 0.437 e. The van der Waals surface area contributed by atoms with E-state index in [1.54, 1.807) is 13.8 Å². The number of nitrogens with zero attached hydrogens (tertiary/aromatic N) is 1. The number of rotatable bonds is 1. The summed E-state index contributed by atoms with van der Waals surface area (Å²) in [6.45, 7) is 3.59. The lowest BCUT2D eigenvalue weighted by atomic mass is 10.4. The summed E-state index contributed by atoms with van der Waals surface area (Å²) >= 11 is 0. The maximum atomic E-state index is 11.2. The number of carbonyl (C=O) groups excluding carboxylic acids is 2. The van der Waals surface area contributed by atoms with E-state index in [2.05, 4.69) is 25.1 Å². The van der Waals surface area contributed by atoms with Gasteiger partial charge < -0.3 is 14.8 Å². The van der Waals surface area contributed by atoms with E-state index in [4.69, 9.17) is 0 Å². The Kier molecular flexibility index (Phi) is 5.84. The van der Waals surface area contributed by atoms with Crippen molar-refractivity contribution in [2.75, 3.05) is 14.2 Å². The van der Waals surface area contributed by atoms with Crippen molar-refractivity contribution < 1.29 is 19.1 Å². The molecule has 0 saturated heterocycles. The highest BCUT2D eigenvalue weighted by molar-refractivity contribution is 5.97. The molecule has 3 amide bonds. The van der Waals surface area contributed by atoms with E-state index in [0.717, 1.165) is 0 Å². The van der Waals surface area contributed by atoms with Crippen molar-refractivity contribution in [3.05, 3.63) is 0 Å². The lowest BCUT2D eigenvalue weighted by molar-refractivity contribution is 0.181. The van der Waals surface area contributed by atoms with Crippen molar-refractivity contribution in [2.45, 2.75) is 19.9 Å². The molecule has 0 heterocycles. The third-order valence-electron chi connectivity index (χ3n) is 1.20. The predicted octanol–water partition coefficient (Wildman–Crippen LogP) is 0.463. The minimum atomic E-state index is -0.850. The molecule has 0 aliphatic heterocycles. The number of nitrogens with one attached hydrogen (secondary N) is 2. The van der Waals surface area contributed by atoms with E-state index < -0.39 is 12.1 Å². The highest BCUT2D eigenvalue weighted by Crippen LogP contribution is 1.84. The van der Waals surface area contributed by atoms with Crippen LogP contribution < -0.4 is 10.6 Å². The van der Waals surface area contributed by atoms with Crippen molar-refractivity contribution in [1.29, 1.82) is 0 Å². The van der Waals surface area contributed by atoms with Gasteiger partial charge in [-0.2, -0.15) is 0 Å². The van der Waals surface area contributed by atoms with Gasteiger partial charge in [0.05, 0.1) is 14.2 Å². The Morgan fingerprint density at radius 3 is 2.20 bits per heavy atom. The number of methoxy groups -OCH3 is 2. The Balaban J connectivity index is 4.27. The van der Waals surface area contributed by atoms with Gasteiger partial charge in [0, 0.05) is 6.04 Å². The number of hydrogen-bond acceptors (Lipinski definition) is 4. The largest absolute Gasteiger partial charge is 0.468 e. The second-order valence-electron chi connectivity index (χ2n) is 2.84.